The number of thiophene rings is 1. The molecule has 0 saturated carbocycles. The summed E-state index contributed by atoms with van der Waals surface area (Å²) in [6.07, 6.45) is 4.80. The Bertz CT molecular complexity index is 402. The SMILES string of the molecule is CCCC1(CCC)CN(C(C(=O)O)c2cccs2)C1. The molecule has 1 aromatic heterocycles. The average molecular weight is 281 g/mol. The topological polar surface area (TPSA) is 40.5 Å². The van der Waals surface area contributed by atoms with Gasteiger partial charge in [-0.05, 0) is 29.7 Å². The lowest BCUT2D eigenvalue weighted by Crippen LogP contribution is -2.58. The minimum absolute atomic E-state index is 0.370. The van der Waals surface area contributed by atoms with E-state index in [1.54, 1.807) is 11.3 Å². The lowest BCUT2D eigenvalue weighted by Gasteiger charge is -2.52. The normalized spacial score (nSPS) is 19.9. The Kier molecular flexibility index (Phi) is 4.63. The Morgan fingerprint density at radius 3 is 2.47 bits per heavy atom. The third-order valence-corrected chi connectivity index (χ3v) is 4.97. The van der Waals surface area contributed by atoms with Crippen LogP contribution in [0.3, 0.4) is 0 Å². The molecular weight excluding hydrogens is 258 g/mol. The summed E-state index contributed by atoms with van der Waals surface area (Å²) in [7, 11) is 0. The fraction of sp³-hybridized carbons (Fsp3) is 0.667. The van der Waals surface area contributed by atoms with Crippen molar-refractivity contribution in [3.8, 4) is 0 Å². The summed E-state index contributed by atoms with van der Waals surface area (Å²) in [4.78, 5) is 14.6. The smallest absolute Gasteiger partial charge is 0.326 e. The van der Waals surface area contributed by atoms with Gasteiger partial charge < -0.3 is 5.11 Å². The Labute approximate surface area is 119 Å². The molecule has 1 fully saturated rings. The van der Waals surface area contributed by atoms with Gasteiger partial charge in [-0.2, -0.15) is 0 Å². The first kappa shape index (κ1) is 14.5. The van der Waals surface area contributed by atoms with Crippen molar-refractivity contribution < 1.29 is 9.90 Å². The molecule has 106 valence electrons. The summed E-state index contributed by atoms with van der Waals surface area (Å²) < 4.78 is 0. The summed E-state index contributed by atoms with van der Waals surface area (Å²) in [5.74, 6) is -0.718. The predicted molar refractivity (Wildman–Crippen MR) is 78.5 cm³/mol. The lowest BCUT2D eigenvalue weighted by atomic mass is 9.72. The van der Waals surface area contributed by atoms with Crippen molar-refractivity contribution in [3.63, 3.8) is 0 Å². The maximum atomic E-state index is 11.5. The van der Waals surface area contributed by atoms with Crippen LogP contribution in [0.2, 0.25) is 0 Å². The van der Waals surface area contributed by atoms with Gasteiger partial charge in [0.1, 0.15) is 6.04 Å². The van der Waals surface area contributed by atoms with Crippen LogP contribution in [0.5, 0.6) is 0 Å². The first-order chi connectivity index (χ1) is 9.12. The van der Waals surface area contributed by atoms with E-state index >= 15 is 0 Å². The minimum Gasteiger partial charge on any atom is -0.480 e. The number of aliphatic carboxylic acids is 1. The van der Waals surface area contributed by atoms with Gasteiger partial charge >= 0.3 is 5.97 Å². The van der Waals surface area contributed by atoms with E-state index in [2.05, 4.69) is 18.7 Å². The number of carbonyl (C=O) groups is 1. The van der Waals surface area contributed by atoms with Gasteiger partial charge in [-0.1, -0.05) is 32.8 Å². The molecule has 0 radical (unpaired) electrons. The number of rotatable bonds is 7. The van der Waals surface area contributed by atoms with E-state index in [1.807, 2.05) is 17.5 Å². The highest BCUT2D eigenvalue weighted by Crippen LogP contribution is 2.44. The number of likely N-dealkylation sites (tertiary alicyclic amines) is 1. The molecule has 1 atom stereocenters. The van der Waals surface area contributed by atoms with Crippen LogP contribution < -0.4 is 0 Å². The molecule has 0 amide bonds. The highest BCUT2D eigenvalue weighted by atomic mass is 32.1. The first-order valence-electron chi connectivity index (χ1n) is 7.12. The van der Waals surface area contributed by atoms with E-state index in [4.69, 9.17) is 0 Å². The van der Waals surface area contributed by atoms with Crippen molar-refractivity contribution in [1.82, 2.24) is 4.90 Å². The molecule has 1 N–H and O–H groups in total. The zero-order chi connectivity index (χ0) is 13.9. The molecule has 1 saturated heterocycles. The maximum Gasteiger partial charge on any atom is 0.326 e. The Balaban J connectivity index is 2.05. The van der Waals surface area contributed by atoms with Gasteiger partial charge in [0.05, 0.1) is 0 Å². The van der Waals surface area contributed by atoms with E-state index in [9.17, 15) is 9.90 Å². The molecule has 1 unspecified atom stereocenters. The van der Waals surface area contributed by atoms with Crippen molar-refractivity contribution >= 4 is 17.3 Å². The molecule has 0 bridgehead atoms. The number of carboxylic acids is 1. The van der Waals surface area contributed by atoms with Crippen molar-refractivity contribution in [2.75, 3.05) is 13.1 Å². The molecule has 0 spiro atoms. The van der Waals surface area contributed by atoms with Crippen molar-refractivity contribution in [3.05, 3.63) is 22.4 Å². The molecule has 2 rings (SSSR count). The molecule has 19 heavy (non-hydrogen) atoms. The van der Waals surface area contributed by atoms with Crippen molar-refractivity contribution in [2.45, 2.75) is 45.6 Å². The van der Waals surface area contributed by atoms with Crippen molar-refractivity contribution in [2.24, 2.45) is 5.41 Å². The van der Waals surface area contributed by atoms with Gasteiger partial charge in [0.2, 0.25) is 0 Å². The van der Waals surface area contributed by atoms with E-state index < -0.39 is 12.0 Å². The summed E-state index contributed by atoms with van der Waals surface area (Å²) in [5.41, 5.74) is 0.370. The number of nitrogens with zero attached hydrogens (tertiary/aromatic N) is 1. The molecular formula is C15H23NO2S. The van der Waals surface area contributed by atoms with Gasteiger partial charge in [0.25, 0.3) is 0 Å². The fourth-order valence-electron chi connectivity index (χ4n) is 3.40. The third-order valence-electron chi connectivity index (χ3n) is 4.05. The second-order valence-corrected chi connectivity index (χ2v) is 6.64. The summed E-state index contributed by atoms with van der Waals surface area (Å²) >= 11 is 1.54. The van der Waals surface area contributed by atoms with Gasteiger partial charge in [0.15, 0.2) is 0 Å². The predicted octanol–water partition coefficient (Wildman–Crippen LogP) is 3.78. The van der Waals surface area contributed by atoms with Crippen LogP contribution in [0.1, 0.15) is 50.4 Å². The van der Waals surface area contributed by atoms with Gasteiger partial charge in [-0.25, -0.2) is 0 Å². The lowest BCUT2D eigenvalue weighted by molar-refractivity contribution is -0.150. The number of hydrogen-bond acceptors (Lipinski definition) is 3. The number of hydrogen-bond donors (Lipinski definition) is 1. The Morgan fingerprint density at radius 2 is 2.05 bits per heavy atom. The van der Waals surface area contributed by atoms with E-state index in [-0.39, 0.29) is 0 Å². The van der Waals surface area contributed by atoms with Gasteiger partial charge in [-0.15, -0.1) is 11.3 Å². The largest absolute Gasteiger partial charge is 0.480 e. The molecule has 2 heterocycles. The quantitative estimate of drug-likeness (QED) is 0.827. The van der Waals surface area contributed by atoms with Crippen LogP contribution in [-0.4, -0.2) is 29.1 Å². The summed E-state index contributed by atoms with van der Waals surface area (Å²) in [6.45, 7) is 6.30. The minimum atomic E-state index is -0.718. The second-order valence-electron chi connectivity index (χ2n) is 5.66. The summed E-state index contributed by atoms with van der Waals surface area (Å²) in [6, 6.07) is 3.42. The van der Waals surface area contributed by atoms with Crippen LogP contribution >= 0.6 is 11.3 Å². The maximum absolute atomic E-state index is 11.5. The van der Waals surface area contributed by atoms with Crippen LogP contribution in [-0.2, 0) is 4.79 Å². The zero-order valence-electron chi connectivity index (χ0n) is 11.8. The fourth-order valence-corrected chi connectivity index (χ4v) is 4.25. The Hall–Kier alpha value is -0.870. The second kappa shape index (κ2) is 6.06. The highest BCUT2D eigenvalue weighted by molar-refractivity contribution is 7.10. The first-order valence-corrected chi connectivity index (χ1v) is 8.00. The molecule has 1 aliphatic rings. The summed E-state index contributed by atoms with van der Waals surface area (Å²) in [5, 5.41) is 11.4. The highest BCUT2D eigenvalue weighted by Gasteiger charge is 2.46. The van der Waals surface area contributed by atoms with Crippen molar-refractivity contribution in [1.29, 1.82) is 0 Å². The number of carboxylic acid groups (broad SMARTS) is 1. The van der Waals surface area contributed by atoms with Crippen LogP contribution in [0, 0.1) is 5.41 Å². The zero-order valence-corrected chi connectivity index (χ0v) is 12.6. The molecule has 1 aliphatic heterocycles. The van der Waals surface area contributed by atoms with Crippen LogP contribution in [0.4, 0.5) is 0 Å². The van der Waals surface area contributed by atoms with Gasteiger partial charge in [0, 0.05) is 18.0 Å². The Morgan fingerprint density at radius 1 is 1.42 bits per heavy atom. The van der Waals surface area contributed by atoms with E-state index in [0.29, 0.717) is 5.41 Å². The standard InChI is InChI=1S/C15H23NO2S/c1-3-7-15(8-4-2)10-16(11-15)13(14(17)18)12-6-5-9-19-12/h5-6,9,13H,3-4,7-8,10-11H2,1-2H3,(H,17,18). The van der Waals surface area contributed by atoms with E-state index in [0.717, 1.165) is 18.0 Å². The van der Waals surface area contributed by atoms with Gasteiger partial charge in [-0.3, -0.25) is 9.69 Å². The molecule has 0 aromatic carbocycles. The molecule has 1 aromatic rings. The molecule has 3 nitrogen and oxygen atoms in total. The molecule has 4 heteroatoms. The third kappa shape index (κ3) is 3.00. The average Bonchev–Trinajstić information content (AvgIpc) is 2.80. The van der Waals surface area contributed by atoms with Crippen LogP contribution in [0.15, 0.2) is 17.5 Å². The monoisotopic (exact) mass is 281 g/mol. The molecule has 0 aliphatic carbocycles. The van der Waals surface area contributed by atoms with E-state index in [1.165, 1.54) is 25.7 Å². The van der Waals surface area contributed by atoms with Crippen LogP contribution in [0.25, 0.3) is 0 Å².